The lowest BCUT2D eigenvalue weighted by molar-refractivity contribution is 0.584. The third kappa shape index (κ3) is 6.23. The van der Waals surface area contributed by atoms with Gasteiger partial charge in [-0.05, 0) is 116 Å². The molecular formula is C61H59BN2O. The van der Waals surface area contributed by atoms with Gasteiger partial charge in [-0.15, -0.1) is 0 Å². The van der Waals surface area contributed by atoms with Crippen molar-refractivity contribution in [3.05, 3.63) is 197 Å². The summed E-state index contributed by atoms with van der Waals surface area (Å²) in [5.74, 6) is 1.91. The van der Waals surface area contributed by atoms with Gasteiger partial charge in [0.1, 0.15) is 5.76 Å². The minimum atomic E-state index is -0.289. The van der Waals surface area contributed by atoms with Crippen molar-refractivity contribution in [2.75, 3.05) is 9.80 Å². The zero-order chi connectivity index (χ0) is 45.4. The third-order valence-corrected chi connectivity index (χ3v) is 14.9. The highest BCUT2D eigenvalue weighted by atomic mass is 16.4. The zero-order valence-corrected chi connectivity index (χ0v) is 39.9. The molecule has 0 spiro atoms. The molecule has 3 aliphatic rings. The molecule has 0 radical (unpaired) electrons. The molecule has 0 fully saturated rings. The minimum Gasteiger partial charge on any atom is -0.440 e. The lowest BCUT2D eigenvalue weighted by Crippen LogP contribution is -2.62. The Kier molecular flexibility index (Phi) is 9.03. The fourth-order valence-corrected chi connectivity index (χ4v) is 11.2. The Morgan fingerprint density at radius 1 is 0.492 bits per heavy atom. The highest BCUT2D eigenvalue weighted by Crippen LogP contribution is 2.55. The predicted octanol–water partition coefficient (Wildman–Crippen LogP) is 14.6. The molecule has 0 atom stereocenters. The smallest absolute Gasteiger partial charge is 0.256 e. The molecular weight excluding hydrogens is 787 g/mol. The number of aryl methyl sites for hydroxylation is 1. The summed E-state index contributed by atoms with van der Waals surface area (Å²) < 4.78 is 7.46. The van der Waals surface area contributed by atoms with Crippen LogP contribution in [0.3, 0.4) is 0 Å². The summed E-state index contributed by atoms with van der Waals surface area (Å²) in [5, 5.41) is 0. The average Bonchev–Trinajstić information content (AvgIpc) is 3.79. The van der Waals surface area contributed by atoms with Crippen LogP contribution in [-0.2, 0) is 21.7 Å². The van der Waals surface area contributed by atoms with E-state index in [1.807, 2.05) is 0 Å². The largest absolute Gasteiger partial charge is 0.440 e. The maximum atomic E-state index is 7.46. The van der Waals surface area contributed by atoms with E-state index in [-0.39, 0.29) is 28.4 Å². The van der Waals surface area contributed by atoms with Gasteiger partial charge in [0.2, 0.25) is 5.88 Å². The van der Waals surface area contributed by atoms with E-state index in [1.165, 1.54) is 89.1 Å². The van der Waals surface area contributed by atoms with Crippen LogP contribution in [0.4, 0.5) is 34.3 Å². The number of benzene rings is 7. The van der Waals surface area contributed by atoms with Crippen molar-refractivity contribution < 1.29 is 4.42 Å². The van der Waals surface area contributed by atoms with Crippen LogP contribution in [0.2, 0.25) is 0 Å². The summed E-state index contributed by atoms with van der Waals surface area (Å²) >= 11 is 0. The van der Waals surface area contributed by atoms with Crippen LogP contribution < -0.4 is 26.2 Å². The van der Waals surface area contributed by atoms with Crippen molar-refractivity contribution in [2.45, 2.75) is 97.8 Å². The molecule has 7 aromatic carbocycles. The summed E-state index contributed by atoms with van der Waals surface area (Å²) in [4.78, 5) is 5.06. The number of rotatable bonds is 5. The Labute approximate surface area is 386 Å². The van der Waals surface area contributed by atoms with E-state index in [0.29, 0.717) is 0 Å². The summed E-state index contributed by atoms with van der Waals surface area (Å²) in [6.45, 7) is 25.5. The Morgan fingerprint density at radius 2 is 1.09 bits per heavy atom. The van der Waals surface area contributed by atoms with Crippen LogP contribution in [0, 0.1) is 6.92 Å². The molecule has 0 N–H and O–H groups in total. The number of nitrogens with zero attached hydrogens (tertiary/aromatic N) is 2. The van der Waals surface area contributed by atoms with E-state index >= 15 is 0 Å². The van der Waals surface area contributed by atoms with Crippen LogP contribution in [0.25, 0.3) is 22.5 Å². The molecule has 1 aliphatic carbocycles. The number of hydrogen-bond donors (Lipinski definition) is 0. The molecule has 322 valence electrons. The fraction of sp³-hybridized carbons (Fsp3) is 0.246. The van der Waals surface area contributed by atoms with Crippen LogP contribution in [0.15, 0.2) is 162 Å². The Hall–Kier alpha value is -6.52. The standard InChI is InChI=1S/C61H59BN2O/c1-38-34-51-54-52(35-38)64(49-33-29-42(59(5,6)7)36-46(49)39-20-14-12-15-21-39)50-37-43(60(8,9)41-22-16-13-17-23-41)28-32-48(50)62(54)55-53-56(45-24-18-19-25-47(45)61(53,10)11)65-57(55)63(51)44-30-26-40(27-31-44)58(2,3)4/h12-37H,1-11H3. The molecule has 2 aliphatic heterocycles. The monoisotopic (exact) mass is 846 g/mol. The van der Waals surface area contributed by atoms with Gasteiger partial charge in [-0.2, -0.15) is 0 Å². The molecule has 0 unspecified atom stereocenters. The van der Waals surface area contributed by atoms with Crippen molar-refractivity contribution in [1.82, 2.24) is 0 Å². The van der Waals surface area contributed by atoms with E-state index in [0.717, 1.165) is 23.0 Å². The molecule has 0 bridgehead atoms. The van der Waals surface area contributed by atoms with Gasteiger partial charge in [0.25, 0.3) is 6.71 Å². The van der Waals surface area contributed by atoms with Gasteiger partial charge < -0.3 is 9.32 Å². The molecule has 3 heterocycles. The molecule has 3 nitrogen and oxygen atoms in total. The van der Waals surface area contributed by atoms with E-state index in [2.05, 4.69) is 244 Å². The van der Waals surface area contributed by atoms with Crippen LogP contribution >= 0.6 is 0 Å². The fourth-order valence-electron chi connectivity index (χ4n) is 11.2. The van der Waals surface area contributed by atoms with E-state index in [4.69, 9.17) is 4.42 Å². The minimum absolute atomic E-state index is 0.0237. The lowest BCUT2D eigenvalue weighted by Gasteiger charge is -2.44. The molecule has 0 amide bonds. The summed E-state index contributed by atoms with van der Waals surface area (Å²) in [5.41, 5.74) is 21.7. The van der Waals surface area contributed by atoms with Gasteiger partial charge in [0.05, 0.1) is 5.69 Å². The summed E-state index contributed by atoms with van der Waals surface area (Å²) in [6.07, 6.45) is 0. The topological polar surface area (TPSA) is 19.6 Å². The average molecular weight is 847 g/mol. The van der Waals surface area contributed by atoms with Crippen molar-refractivity contribution in [1.29, 1.82) is 0 Å². The normalized spacial score (nSPS) is 14.7. The molecule has 8 aromatic rings. The first-order chi connectivity index (χ1) is 30.9. The Balaban J connectivity index is 1.26. The zero-order valence-electron chi connectivity index (χ0n) is 39.9. The molecule has 1 aromatic heterocycles. The van der Waals surface area contributed by atoms with Gasteiger partial charge in [-0.1, -0.05) is 184 Å². The van der Waals surface area contributed by atoms with Crippen molar-refractivity contribution in [3.8, 4) is 22.5 Å². The quantitative estimate of drug-likeness (QED) is 0.161. The number of fused-ring (bicyclic) bond motifs is 8. The second-order valence-electron chi connectivity index (χ2n) is 21.9. The lowest BCUT2D eigenvalue weighted by atomic mass is 9.32. The maximum absolute atomic E-state index is 7.46. The Bertz CT molecular complexity index is 3180. The molecule has 4 heteroatoms. The van der Waals surface area contributed by atoms with Crippen molar-refractivity contribution in [3.63, 3.8) is 0 Å². The van der Waals surface area contributed by atoms with E-state index in [1.54, 1.807) is 0 Å². The van der Waals surface area contributed by atoms with Gasteiger partial charge in [-0.25, -0.2) is 0 Å². The highest BCUT2D eigenvalue weighted by molar-refractivity contribution is 7.00. The van der Waals surface area contributed by atoms with Crippen LogP contribution in [0.5, 0.6) is 0 Å². The van der Waals surface area contributed by atoms with E-state index in [9.17, 15) is 0 Å². The number of hydrogen-bond acceptors (Lipinski definition) is 3. The van der Waals surface area contributed by atoms with Gasteiger partial charge in [-0.3, -0.25) is 4.90 Å². The van der Waals surface area contributed by atoms with Crippen molar-refractivity contribution in [2.24, 2.45) is 0 Å². The van der Waals surface area contributed by atoms with Gasteiger partial charge in [0.15, 0.2) is 0 Å². The highest BCUT2D eigenvalue weighted by Gasteiger charge is 2.52. The molecule has 65 heavy (non-hydrogen) atoms. The number of furan rings is 1. The van der Waals surface area contributed by atoms with Crippen molar-refractivity contribution >= 4 is 57.4 Å². The molecule has 0 saturated carbocycles. The first kappa shape index (κ1) is 41.2. The predicted molar refractivity (Wildman–Crippen MR) is 276 cm³/mol. The van der Waals surface area contributed by atoms with Gasteiger partial charge in [0, 0.05) is 50.3 Å². The SMILES string of the molecule is Cc1cc2c3c(c1)N(c1ccc(C(C)(C)C)cc1)c1oc4c(c1B3c1ccc(C(C)(C)c3ccccc3)cc1N2c1ccc(C(C)(C)C)cc1-c1ccccc1)C(C)(C)c1ccccc1-4. The second-order valence-corrected chi connectivity index (χ2v) is 21.9. The number of anilines is 6. The van der Waals surface area contributed by atoms with E-state index < -0.39 is 0 Å². The Morgan fingerprint density at radius 3 is 1.77 bits per heavy atom. The molecule has 0 saturated heterocycles. The van der Waals surface area contributed by atoms with Crippen LogP contribution in [-0.4, -0.2) is 6.71 Å². The second kappa shape index (κ2) is 14.2. The first-order valence-electron chi connectivity index (χ1n) is 23.5. The summed E-state index contributed by atoms with van der Waals surface area (Å²) in [6, 6.07) is 59.5. The van der Waals surface area contributed by atoms with Gasteiger partial charge >= 0.3 is 0 Å². The first-order valence-corrected chi connectivity index (χ1v) is 23.5. The third-order valence-electron chi connectivity index (χ3n) is 14.9. The summed E-state index contributed by atoms with van der Waals surface area (Å²) in [7, 11) is 0. The van der Waals surface area contributed by atoms with Crippen LogP contribution in [0.1, 0.15) is 108 Å². The maximum Gasteiger partial charge on any atom is 0.256 e. The molecule has 11 rings (SSSR count).